The molecule has 1 aliphatic heterocycles. The SMILES string of the molecule is Cc1ccc(OCc2csc(C(=O)N3CCN(Cc4ccc(F)cc4)CC3)c2)cc1. The quantitative estimate of drug-likeness (QED) is 0.573. The Morgan fingerprint density at radius 3 is 2.40 bits per heavy atom. The van der Waals surface area contributed by atoms with E-state index in [-0.39, 0.29) is 11.7 Å². The van der Waals surface area contributed by atoms with E-state index in [0.29, 0.717) is 19.7 Å². The second-order valence-corrected chi connectivity index (χ2v) is 8.53. The molecule has 0 spiro atoms. The van der Waals surface area contributed by atoms with Gasteiger partial charge in [0.05, 0.1) is 4.88 Å². The fraction of sp³-hybridized carbons (Fsp3) is 0.292. The number of benzene rings is 2. The molecule has 1 aromatic heterocycles. The van der Waals surface area contributed by atoms with E-state index < -0.39 is 0 Å². The minimum absolute atomic E-state index is 0.0861. The summed E-state index contributed by atoms with van der Waals surface area (Å²) in [6.07, 6.45) is 0. The van der Waals surface area contributed by atoms with E-state index in [2.05, 4.69) is 4.90 Å². The van der Waals surface area contributed by atoms with Crippen LogP contribution in [0.1, 0.15) is 26.4 Å². The third-order valence-corrected chi connectivity index (χ3v) is 6.24. The third-order valence-electron chi connectivity index (χ3n) is 5.27. The van der Waals surface area contributed by atoms with Crippen molar-refractivity contribution < 1.29 is 13.9 Å². The molecule has 4 nitrogen and oxygen atoms in total. The number of hydrogen-bond acceptors (Lipinski definition) is 4. The maximum Gasteiger partial charge on any atom is 0.264 e. The zero-order chi connectivity index (χ0) is 20.9. The molecule has 6 heteroatoms. The fourth-order valence-corrected chi connectivity index (χ4v) is 4.34. The average molecular weight is 425 g/mol. The van der Waals surface area contributed by atoms with Gasteiger partial charge in [-0.1, -0.05) is 29.8 Å². The summed E-state index contributed by atoms with van der Waals surface area (Å²) in [5.41, 5.74) is 3.30. The Balaban J connectivity index is 1.27. The summed E-state index contributed by atoms with van der Waals surface area (Å²) < 4.78 is 18.9. The van der Waals surface area contributed by atoms with E-state index >= 15 is 0 Å². The van der Waals surface area contributed by atoms with Gasteiger partial charge >= 0.3 is 0 Å². The Labute approximate surface area is 180 Å². The van der Waals surface area contributed by atoms with Crippen molar-refractivity contribution in [3.63, 3.8) is 0 Å². The van der Waals surface area contributed by atoms with Crippen LogP contribution in [0.5, 0.6) is 5.75 Å². The minimum Gasteiger partial charge on any atom is -0.489 e. The van der Waals surface area contributed by atoms with Gasteiger partial charge in [-0.2, -0.15) is 0 Å². The highest BCUT2D eigenvalue weighted by atomic mass is 32.1. The monoisotopic (exact) mass is 424 g/mol. The van der Waals surface area contributed by atoms with Gasteiger partial charge in [0.25, 0.3) is 5.91 Å². The summed E-state index contributed by atoms with van der Waals surface area (Å²) in [6, 6.07) is 16.5. The molecule has 1 saturated heterocycles. The number of carbonyl (C=O) groups is 1. The lowest BCUT2D eigenvalue weighted by molar-refractivity contribution is 0.0633. The number of ether oxygens (including phenoxy) is 1. The van der Waals surface area contributed by atoms with Gasteiger partial charge in [-0.15, -0.1) is 11.3 Å². The molecule has 0 atom stereocenters. The second-order valence-electron chi connectivity index (χ2n) is 7.62. The van der Waals surface area contributed by atoms with Crippen molar-refractivity contribution in [3.8, 4) is 5.75 Å². The summed E-state index contributed by atoms with van der Waals surface area (Å²) in [5.74, 6) is 0.703. The summed E-state index contributed by atoms with van der Waals surface area (Å²) >= 11 is 1.47. The number of amides is 1. The van der Waals surface area contributed by atoms with Crippen molar-refractivity contribution in [2.45, 2.75) is 20.1 Å². The molecule has 30 heavy (non-hydrogen) atoms. The normalized spacial score (nSPS) is 14.7. The topological polar surface area (TPSA) is 32.8 Å². The van der Waals surface area contributed by atoms with E-state index in [4.69, 9.17) is 4.74 Å². The van der Waals surface area contributed by atoms with E-state index in [1.54, 1.807) is 0 Å². The zero-order valence-corrected chi connectivity index (χ0v) is 17.8. The van der Waals surface area contributed by atoms with Gasteiger partial charge in [-0.05, 0) is 48.2 Å². The second kappa shape index (κ2) is 9.41. The van der Waals surface area contributed by atoms with Crippen LogP contribution in [0.2, 0.25) is 0 Å². The fourth-order valence-electron chi connectivity index (χ4n) is 3.48. The number of rotatable bonds is 6. The molecule has 0 saturated carbocycles. The standard InChI is InChI=1S/C24H25FN2O2S/c1-18-2-8-22(9-3-18)29-16-20-14-23(30-17-20)24(28)27-12-10-26(11-13-27)15-19-4-6-21(25)7-5-19/h2-9,14,17H,10-13,15-16H2,1H3. The Hall–Kier alpha value is -2.70. The van der Waals surface area contributed by atoms with Gasteiger partial charge in [0.15, 0.2) is 0 Å². The van der Waals surface area contributed by atoms with Gasteiger partial charge in [0.2, 0.25) is 0 Å². The Bertz CT molecular complexity index is 977. The summed E-state index contributed by atoms with van der Waals surface area (Å²) in [5, 5.41) is 1.99. The van der Waals surface area contributed by atoms with Crippen LogP contribution in [0.3, 0.4) is 0 Å². The third kappa shape index (κ3) is 5.26. The van der Waals surface area contributed by atoms with Crippen molar-refractivity contribution in [1.29, 1.82) is 0 Å². The predicted molar refractivity (Wildman–Crippen MR) is 117 cm³/mol. The average Bonchev–Trinajstić information content (AvgIpc) is 3.24. The van der Waals surface area contributed by atoms with Crippen molar-refractivity contribution >= 4 is 17.2 Å². The first-order valence-corrected chi connectivity index (χ1v) is 11.0. The molecule has 1 amide bonds. The Kier molecular flexibility index (Phi) is 6.45. The van der Waals surface area contributed by atoms with E-state index in [1.165, 1.54) is 29.0 Å². The number of nitrogens with zero attached hydrogens (tertiary/aromatic N) is 2. The number of hydrogen-bond donors (Lipinski definition) is 0. The molecule has 4 rings (SSSR count). The molecule has 0 aliphatic carbocycles. The molecule has 0 unspecified atom stereocenters. The lowest BCUT2D eigenvalue weighted by Crippen LogP contribution is -2.48. The first-order chi connectivity index (χ1) is 14.6. The molecule has 156 valence electrons. The van der Waals surface area contributed by atoms with Gasteiger partial charge in [-0.25, -0.2) is 4.39 Å². The molecular formula is C24H25FN2O2S. The molecule has 2 heterocycles. The largest absolute Gasteiger partial charge is 0.489 e. The maximum absolute atomic E-state index is 13.1. The van der Waals surface area contributed by atoms with Gasteiger partial charge < -0.3 is 9.64 Å². The number of aryl methyl sites for hydroxylation is 1. The van der Waals surface area contributed by atoms with Gasteiger partial charge in [-0.3, -0.25) is 9.69 Å². The lowest BCUT2D eigenvalue weighted by atomic mass is 10.2. The highest BCUT2D eigenvalue weighted by Gasteiger charge is 2.23. The van der Waals surface area contributed by atoms with Crippen LogP contribution < -0.4 is 4.74 Å². The molecular weight excluding hydrogens is 399 g/mol. The molecule has 0 N–H and O–H groups in total. The molecule has 0 radical (unpaired) electrons. The number of piperazine rings is 1. The van der Waals surface area contributed by atoms with Crippen LogP contribution in [0.15, 0.2) is 60.0 Å². The van der Waals surface area contributed by atoms with Gasteiger partial charge in [0.1, 0.15) is 18.2 Å². The van der Waals surface area contributed by atoms with Crippen LogP contribution in [0, 0.1) is 12.7 Å². The van der Waals surface area contributed by atoms with Crippen LogP contribution >= 0.6 is 11.3 Å². The maximum atomic E-state index is 13.1. The molecule has 1 fully saturated rings. The summed E-state index contributed by atoms with van der Waals surface area (Å²) in [6.45, 7) is 6.32. The molecule has 2 aromatic carbocycles. The summed E-state index contributed by atoms with van der Waals surface area (Å²) in [4.78, 5) is 17.8. The zero-order valence-electron chi connectivity index (χ0n) is 17.0. The molecule has 0 bridgehead atoms. The van der Waals surface area contributed by atoms with Crippen molar-refractivity contribution in [2.75, 3.05) is 26.2 Å². The first kappa shape index (κ1) is 20.6. The first-order valence-electron chi connectivity index (χ1n) is 10.1. The molecule has 3 aromatic rings. The van der Waals surface area contributed by atoms with Crippen LogP contribution in [0.25, 0.3) is 0 Å². The Morgan fingerprint density at radius 1 is 1.00 bits per heavy atom. The van der Waals surface area contributed by atoms with Crippen LogP contribution in [-0.4, -0.2) is 41.9 Å². The number of carbonyl (C=O) groups excluding carboxylic acids is 1. The van der Waals surface area contributed by atoms with Crippen molar-refractivity contribution in [2.24, 2.45) is 0 Å². The van der Waals surface area contributed by atoms with Crippen molar-refractivity contribution in [1.82, 2.24) is 9.80 Å². The summed E-state index contributed by atoms with van der Waals surface area (Å²) in [7, 11) is 0. The van der Waals surface area contributed by atoms with E-state index in [1.807, 2.05) is 59.7 Å². The number of halogens is 1. The van der Waals surface area contributed by atoms with Crippen LogP contribution in [0.4, 0.5) is 4.39 Å². The van der Waals surface area contributed by atoms with Crippen molar-refractivity contribution in [3.05, 3.63) is 87.4 Å². The lowest BCUT2D eigenvalue weighted by Gasteiger charge is -2.34. The van der Waals surface area contributed by atoms with Gasteiger partial charge in [0, 0.05) is 38.3 Å². The highest BCUT2D eigenvalue weighted by molar-refractivity contribution is 7.12. The highest BCUT2D eigenvalue weighted by Crippen LogP contribution is 2.21. The predicted octanol–water partition coefficient (Wildman–Crippen LogP) is 4.73. The number of thiophene rings is 1. The van der Waals surface area contributed by atoms with E-state index in [9.17, 15) is 9.18 Å². The van der Waals surface area contributed by atoms with Crippen LogP contribution in [-0.2, 0) is 13.2 Å². The smallest absolute Gasteiger partial charge is 0.264 e. The minimum atomic E-state index is -0.214. The molecule has 1 aliphatic rings. The Morgan fingerprint density at radius 2 is 1.70 bits per heavy atom. The van der Waals surface area contributed by atoms with E-state index in [0.717, 1.165) is 41.4 Å².